The van der Waals surface area contributed by atoms with E-state index < -0.39 is 0 Å². The highest BCUT2D eigenvalue weighted by molar-refractivity contribution is 5.97. The zero-order valence-corrected chi connectivity index (χ0v) is 15.9. The van der Waals surface area contributed by atoms with Gasteiger partial charge in [0, 0.05) is 43.6 Å². The molecule has 2 aromatic heterocycles. The summed E-state index contributed by atoms with van der Waals surface area (Å²) in [6.45, 7) is 7.82. The van der Waals surface area contributed by atoms with Crippen molar-refractivity contribution < 1.29 is 4.79 Å². The third kappa shape index (κ3) is 2.74. The number of rotatable bonds is 1. The number of anilines is 2. The Hall–Kier alpha value is -2.63. The van der Waals surface area contributed by atoms with E-state index in [1.54, 1.807) is 0 Å². The van der Waals surface area contributed by atoms with Gasteiger partial charge in [0.2, 0.25) is 0 Å². The van der Waals surface area contributed by atoms with Crippen LogP contribution in [-0.2, 0) is 0 Å². The second-order valence-corrected chi connectivity index (χ2v) is 8.11. The van der Waals surface area contributed by atoms with Gasteiger partial charge in [0.25, 0.3) is 0 Å². The van der Waals surface area contributed by atoms with Gasteiger partial charge in [-0.3, -0.25) is 9.88 Å². The molecule has 2 amide bonds. The van der Waals surface area contributed by atoms with Crippen LogP contribution in [0.2, 0.25) is 0 Å². The summed E-state index contributed by atoms with van der Waals surface area (Å²) in [6, 6.07) is 8.56. The molecule has 2 saturated heterocycles. The number of amides is 2. The zero-order chi connectivity index (χ0) is 18.5. The molecule has 5 heterocycles. The maximum absolute atomic E-state index is 13.4. The highest BCUT2D eigenvalue weighted by Crippen LogP contribution is 2.41. The van der Waals surface area contributed by atoms with Crippen LogP contribution in [0.15, 0.2) is 30.5 Å². The third-order valence-electron chi connectivity index (χ3n) is 6.04. The number of carbonyl (C=O) groups is 1. The summed E-state index contributed by atoms with van der Waals surface area (Å²) in [5, 5.41) is 0. The van der Waals surface area contributed by atoms with Gasteiger partial charge in [-0.05, 0) is 49.9 Å². The highest BCUT2D eigenvalue weighted by Gasteiger charge is 2.42. The molecule has 3 aliphatic heterocycles. The van der Waals surface area contributed by atoms with Crippen molar-refractivity contribution in [2.24, 2.45) is 5.92 Å². The predicted octanol–water partition coefficient (Wildman–Crippen LogP) is 3.31. The van der Waals surface area contributed by atoms with E-state index in [0.29, 0.717) is 5.92 Å². The van der Waals surface area contributed by atoms with E-state index in [0.717, 1.165) is 67.5 Å². The Morgan fingerprint density at radius 1 is 1.15 bits per heavy atom. The summed E-state index contributed by atoms with van der Waals surface area (Å²) >= 11 is 0. The molecule has 5 rings (SSSR count). The van der Waals surface area contributed by atoms with Crippen LogP contribution in [0.1, 0.15) is 25.5 Å². The summed E-state index contributed by atoms with van der Waals surface area (Å²) in [5.74, 6) is 1.40. The number of carbonyl (C=O) groups excluding carboxylic acids is 1. The molecule has 2 aromatic rings. The van der Waals surface area contributed by atoms with Crippen LogP contribution < -0.4 is 9.80 Å². The molecule has 0 N–H and O–H groups in total. The molecule has 2 atom stereocenters. The topological polar surface area (TPSA) is 52.6 Å². The Bertz CT molecular complexity index is 898. The molecular formula is C21H25N5O. The fourth-order valence-electron chi connectivity index (χ4n) is 4.58. The second-order valence-electron chi connectivity index (χ2n) is 8.11. The molecule has 27 heavy (non-hydrogen) atoms. The molecule has 140 valence electrons. The van der Waals surface area contributed by atoms with Gasteiger partial charge < -0.3 is 9.80 Å². The quantitative estimate of drug-likeness (QED) is 0.780. The van der Waals surface area contributed by atoms with E-state index >= 15 is 0 Å². The van der Waals surface area contributed by atoms with E-state index in [1.807, 2.05) is 35.1 Å². The zero-order valence-electron chi connectivity index (χ0n) is 15.9. The third-order valence-corrected chi connectivity index (χ3v) is 6.04. The highest BCUT2D eigenvalue weighted by atomic mass is 16.2. The number of aromatic nitrogens is 2. The first-order chi connectivity index (χ1) is 13.1. The van der Waals surface area contributed by atoms with E-state index in [4.69, 9.17) is 4.98 Å². The van der Waals surface area contributed by atoms with Crippen LogP contribution in [0.25, 0.3) is 11.3 Å². The number of likely N-dealkylation sites (tertiary alicyclic amines) is 1. The molecule has 0 saturated carbocycles. The number of fused-ring (bicyclic) bond motifs is 4. The minimum absolute atomic E-state index is 0.128. The van der Waals surface area contributed by atoms with Crippen molar-refractivity contribution in [3.05, 3.63) is 36.2 Å². The van der Waals surface area contributed by atoms with Crippen molar-refractivity contribution >= 4 is 17.5 Å². The lowest BCUT2D eigenvalue weighted by atomic mass is 10.1. The molecule has 1 unspecified atom stereocenters. The SMILES string of the molecule is Cc1cc(-c2ccc3c(n2)N(C(=O)N2CCC(C)C2)[C@H]2CCN3C2)ccn1. The van der Waals surface area contributed by atoms with Crippen LogP contribution in [0.4, 0.5) is 16.3 Å². The number of aryl methyl sites for hydroxylation is 1. The van der Waals surface area contributed by atoms with Crippen LogP contribution >= 0.6 is 0 Å². The molecule has 2 bridgehead atoms. The summed E-state index contributed by atoms with van der Waals surface area (Å²) in [4.78, 5) is 29.0. The lowest BCUT2D eigenvalue weighted by Gasteiger charge is -2.38. The first kappa shape index (κ1) is 16.5. The molecule has 0 aliphatic carbocycles. The normalized spacial score (nSPS) is 23.7. The maximum Gasteiger partial charge on any atom is 0.326 e. The molecule has 6 heteroatoms. The Morgan fingerprint density at radius 3 is 2.81 bits per heavy atom. The van der Waals surface area contributed by atoms with Gasteiger partial charge in [-0.25, -0.2) is 9.78 Å². The van der Waals surface area contributed by atoms with Gasteiger partial charge in [-0.2, -0.15) is 0 Å². The van der Waals surface area contributed by atoms with E-state index in [2.05, 4.69) is 28.9 Å². The Morgan fingerprint density at radius 2 is 2.04 bits per heavy atom. The molecule has 6 nitrogen and oxygen atoms in total. The van der Waals surface area contributed by atoms with Crippen molar-refractivity contribution in [3.8, 4) is 11.3 Å². The summed E-state index contributed by atoms with van der Waals surface area (Å²) in [6.07, 6.45) is 3.91. The van der Waals surface area contributed by atoms with Crippen LogP contribution in [0.3, 0.4) is 0 Å². The molecule has 0 aromatic carbocycles. The molecule has 3 aliphatic rings. The van der Waals surface area contributed by atoms with Gasteiger partial charge in [0.1, 0.15) is 0 Å². The van der Waals surface area contributed by atoms with Crippen molar-refractivity contribution in [3.63, 3.8) is 0 Å². The first-order valence-corrected chi connectivity index (χ1v) is 9.87. The maximum atomic E-state index is 13.4. The van der Waals surface area contributed by atoms with Gasteiger partial charge in [-0.1, -0.05) is 6.92 Å². The lowest BCUT2D eigenvalue weighted by molar-refractivity contribution is 0.211. The predicted molar refractivity (Wildman–Crippen MR) is 106 cm³/mol. The number of hydrogen-bond acceptors (Lipinski definition) is 4. The Kier molecular flexibility index (Phi) is 3.81. The summed E-state index contributed by atoms with van der Waals surface area (Å²) in [7, 11) is 0. The Labute approximate surface area is 159 Å². The van der Waals surface area contributed by atoms with Crippen molar-refractivity contribution in [2.45, 2.75) is 32.7 Å². The fourth-order valence-corrected chi connectivity index (χ4v) is 4.58. The van der Waals surface area contributed by atoms with Gasteiger partial charge in [0.15, 0.2) is 5.82 Å². The number of pyridine rings is 2. The molecular weight excluding hydrogens is 338 g/mol. The van der Waals surface area contributed by atoms with E-state index in [-0.39, 0.29) is 12.1 Å². The van der Waals surface area contributed by atoms with E-state index in [9.17, 15) is 4.79 Å². The molecule has 0 spiro atoms. The summed E-state index contributed by atoms with van der Waals surface area (Å²) < 4.78 is 0. The average Bonchev–Trinajstić information content (AvgIpc) is 3.29. The monoisotopic (exact) mass is 363 g/mol. The minimum atomic E-state index is 0.128. The first-order valence-electron chi connectivity index (χ1n) is 9.87. The van der Waals surface area contributed by atoms with Crippen molar-refractivity contribution in [1.82, 2.24) is 14.9 Å². The summed E-state index contributed by atoms with van der Waals surface area (Å²) in [5.41, 5.74) is 3.99. The second kappa shape index (κ2) is 6.22. The van der Waals surface area contributed by atoms with Crippen molar-refractivity contribution in [1.29, 1.82) is 0 Å². The standard InChI is InChI=1S/C21H25N5O/c1-14-6-9-25(12-14)21(27)26-17-7-10-24(13-17)19-4-3-18(23-20(19)26)16-5-8-22-15(2)11-16/h3-5,8,11,14,17H,6-7,9-10,12-13H2,1-2H3/t14?,17-/m0/s1. The van der Waals surface area contributed by atoms with E-state index in [1.165, 1.54) is 0 Å². The van der Waals surface area contributed by atoms with Gasteiger partial charge >= 0.3 is 6.03 Å². The number of nitrogens with zero attached hydrogens (tertiary/aromatic N) is 5. The molecule has 2 fully saturated rings. The van der Waals surface area contributed by atoms with Crippen LogP contribution in [-0.4, -0.2) is 53.1 Å². The number of hydrogen-bond donors (Lipinski definition) is 0. The van der Waals surface area contributed by atoms with Crippen molar-refractivity contribution in [2.75, 3.05) is 36.0 Å². The Balaban J connectivity index is 1.56. The van der Waals surface area contributed by atoms with Gasteiger partial charge in [-0.15, -0.1) is 0 Å². The van der Waals surface area contributed by atoms with Crippen LogP contribution in [0, 0.1) is 12.8 Å². The largest absolute Gasteiger partial charge is 0.366 e. The average molecular weight is 363 g/mol. The minimum Gasteiger partial charge on any atom is -0.366 e. The smallest absolute Gasteiger partial charge is 0.326 e. The van der Waals surface area contributed by atoms with Crippen LogP contribution in [0.5, 0.6) is 0 Å². The lowest BCUT2D eigenvalue weighted by Crippen LogP contribution is -2.51. The molecule has 0 radical (unpaired) electrons. The van der Waals surface area contributed by atoms with Gasteiger partial charge in [0.05, 0.1) is 17.4 Å². The fraction of sp³-hybridized carbons (Fsp3) is 0.476. The number of urea groups is 1.